The van der Waals surface area contributed by atoms with Gasteiger partial charge in [-0.15, -0.1) is 0 Å². The summed E-state index contributed by atoms with van der Waals surface area (Å²) in [4.78, 5) is 0. The van der Waals surface area contributed by atoms with Gasteiger partial charge in [-0.05, 0) is 30.7 Å². The Morgan fingerprint density at radius 2 is 1.92 bits per heavy atom. The molecule has 0 radical (unpaired) electrons. The minimum atomic E-state index is 0.799. The molecule has 0 aliphatic heterocycles. The van der Waals surface area contributed by atoms with Crippen molar-refractivity contribution in [2.45, 2.75) is 13.3 Å². The number of allylic oxidation sites excluding steroid dienone is 4. The molecule has 0 unspecified atom stereocenters. The van der Waals surface area contributed by atoms with Crippen molar-refractivity contribution in [2.75, 3.05) is 14.2 Å². The summed E-state index contributed by atoms with van der Waals surface area (Å²) in [5, 5.41) is 0. The maximum atomic E-state index is 5.15. The fraction of sp³-hybridized carbons (Fsp3) is 0.400. The summed E-state index contributed by atoms with van der Waals surface area (Å²) in [5.41, 5.74) is 1.15. The van der Waals surface area contributed by atoms with Crippen LogP contribution < -0.4 is 0 Å². The van der Waals surface area contributed by atoms with Crippen molar-refractivity contribution in [1.82, 2.24) is 0 Å². The van der Waals surface area contributed by atoms with E-state index in [0.29, 0.717) is 0 Å². The van der Waals surface area contributed by atoms with E-state index in [2.05, 4.69) is 0 Å². The van der Waals surface area contributed by atoms with Gasteiger partial charge < -0.3 is 9.47 Å². The summed E-state index contributed by atoms with van der Waals surface area (Å²) in [6.45, 7) is 2.02. The van der Waals surface area contributed by atoms with E-state index in [1.807, 2.05) is 25.2 Å². The first kappa shape index (κ1) is 8.91. The highest BCUT2D eigenvalue weighted by atomic mass is 16.5. The monoisotopic (exact) mass is 166 g/mol. The molecule has 0 bridgehead atoms. The van der Waals surface area contributed by atoms with Crippen molar-refractivity contribution in [3.05, 3.63) is 35.3 Å². The first-order valence-corrected chi connectivity index (χ1v) is 3.93. The first-order valence-electron chi connectivity index (χ1n) is 3.93. The largest absolute Gasteiger partial charge is 0.501 e. The molecule has 2 heteroatoms. The van der Waals surface area contributed by atoms with Gasteiger partial charge in [-0.25, -0.2) is 0 Å². The molecular weight excluding hydrogens is 152 g/mol. The SMILES string of the molecule is COC1=CCC(OC)=CC(C)=C1. The minimum Gasteiger partial charge on any atom is -0.501 e. The van der Waals surface area contributed by atoms with Crippen LogP contribution >= 0.6 is 0 Å². The Morgan fingerprint density at radius 3 is 2.50 bits per heavy atom. The highest BCUT2D eigenvalue weighted by molar-refractivity contribution is 5.31. The van der Waals surface area contributed by atoms with Crippen molar-refractivity contribution in [1.29, 1.82) is 0 Å². The average Bonchev–Trinajstić information content (AvgIpc) is 2.26. The van der Waals surface area contributed by atoms with Gasteiger partial charge in [0.25, 0.3) is 0 Å². The normalized spacial score (nSPS) is 17.1. The lowest BCUT2D eigenvalue weighted by atomic mass is 10.2. The molecule has 12 heavy (non-hydrogen) atoms. The second kappa shape index (κ2) is 4.00. The van der Waals surface area contributed by atoms with Crippen LogP contribution in [0, 0.1) is 0 Å². The Morgan fingerprint density at radius 1 is 1.17 bits per heavy atom. The van der Waals surface area contributed by atoms with E-state index in [1.165, 1.54) is 0 Å². The Labute approximate surface area is 73.2 Å². The van der Waals surface area contributed by atoms with Crippen LogP contribution in [0.25, 0.3) is 0 Å². The maximum Gasteiger partial charge on any atom is 0.115 e. The van der Waals surface area contributed by atoms with Gasteiger partial charge in [-0.1, -0.05) is 0 Å². The Kier molecular flexibility index (Phi) is 2.97. The summed E-state index contributed by atoms with van der Waals surface area (Å²) in [5.74, 6) is 1.87. The quantitative estimate of drug-likeness (QED) is 0.627. The van der Waals surface area contributed by atoms with Crippen molar-refractivity contribution in [2.24, 2.45) is 0 Å². The lowest BCUT2D eigenvalue weighted by Crippen LogP contribution is -1.84. The van der Waals surface area contributed by atoms with Crippen LogP contribution in [0.4, 0.5) is 0 Å². The van der Waals surface area contributed by atoms with Crippen LogP contribution in [0.1, 0.15) is 13.3 Å². The van der Waals surface area contributed by atoms with E-state index >= 15 is 0 Å². The van der Waals surface area contributed by atoms with Gasteiger partial charge in [-0.2, -0.15) is 0 Å². The van der Waals surface area contributed by atoms with E-state index in [4.69, 9.17) is 9.47 Å². The predicted molar refractivity (Wildman–Crippen MR) is 48.6 cm³/mol. The number of hydrogen-bond donors (Lipinski definition) is 0. The third kappa shape index (κ3) is 2.16. The van der Waals surface area contributed by atoms with Crippen molar-refractivity contribution in [3.63, 3.8) is 0 Å². The van der Waals surface area contributed by atoms with E-state index in [9.17, 15) is 0 Å². The van der Waals surface area contributed by atoms with Crippen molar-refractivity contribution >= 4 is 0 Å². The van der Waals surface area contributed by atoms with Crippen LogP contribution in [0.2, 0.25) is 0 Å². The van der Waals surface area contributed by atoms with E-state index in [1.54, 1.807) is 14.2 Å². The third-order valence-corrected chi connectivity index (χ3v) is 1.76. The first-order chi connectivity index (χ1) is 5.76. The lowest BCUT2D eigenvalue weighted by molar-refractivity contribution is 0.280. The van der Waals surface area contributed by atoms with Crippen LogP contribution in [0.3, 0.4) is 0 Å². The van der Waals surface area contributed by atoms with E-state index in [0.717, 1.165) is 23.5 Å². The van der Waals surface area contributed by atoms with Crippen molar-refractivity contribution in [3.8, 4) is 0 Å². The van der Waals surface area contributed by atoms with Crippen molar-refractivity contribution < 1.29 is 9.47 Å². The van der Waals surface area contributed by atoms with Crippen LogP contribution in [0.15, 0.2) is 35.3 Å². The summed E-state index contributed by atoms with van der Waals surface area (Å²) in [6.07, 6.45) is 6.81. The molecule has 0 heterocycles. The second-order valence-electron chi connectivity index (χ2n) is 2.72. The van der Waals surface area contributed by atoms with Crippen LogP contribution in [0.5, 0.6) is 0 Å². The Bertz CT molecular complexity index is 247. The Balaban J connectivity index is 2.83. The zero-order valence-electron chi connectivity index (χ0n) is 7.76. The summed E-state index contributed by atoms with van der Waals surface area (Å²) < 4.78 is 10.3. The fourth-order valence-electron chi connectivity index (χ4n) is 1.12. The van der Waals surface area contributed by atoms with Gasteiger partial charge in [0.05, 0.1) is 20.0 Å². The topological polar surface area (TPSA) is 18.5 Å². The fourth-order valence-corrected chi connectivity index (χ4v) is 1.12. The van der Waals surface area contributed by atoms with Gasteiger partial charge in [0.2, 0.25) is 0 Å². The highest BCUT2D eigenvalue weighted by Crippen LogP contribution is 2.16. The number of hydrogen-bond acceptors (Lipinski definition) is 2. The standard InChI is InChI=1S/C10H14O2/c1-8-6-9(11-2)4-5-10(7-8)12-3/h4,6-7H,5H2,1-3H3. The third-order valence-electron chi connectivity index (χ3n) is 1.76. The number of rotatable bonds is 2. The minimum absolute atomic E-state index is 0.799. The van der Waals surface area contributed by atoms with Gasteiger partial charge in [-0.3, -0.25) is 0 Å². The molecular formula is C10H14O2. The van der Waals surface area contributed by atoms with Gasteiger partial charge in [0.1, 0.15) is 5.76 Å². The zero-order valence-corrected chi connectivity index (χ0v) is 7.76. The molecule has 0 N–H and O–H groups in total. The zero-order chi connectivity index (χ0) is 8.97. The van der Waals surface area contributed by atoms with Gasteiger partial charge in [0, 0.05) is 6.42 Å². The molecule has 0 atom stereocenters. The highest BCUT2D eigenvalue weighted by Gasteiger charge is 2.02. The smallest absolute Gasteiger partial charge is 0.115 e. The molecule has 0 aromatic heterocycles. The van der Waals surface area contributed by atoms with Crippen LogP contribution in [-0.4, -0.2) is 14.2 Å². The summed E-state index contributed by atoms with van der Waals surface area (Å²) in [7, 11) is 3.36. The molecule has 0 saturated heterocycles. The van der Waals surface area contributed by atoms with E-state index in [-0.39, 0.29) is 0 Å². The molecule has 1 aliphatic rings. The second-order valence-corrected chi connectivity index (χ2v) is 2.72. The molecule has 1 rings (SSSR count). The molecule has 0 fully saturated rings. The lowest BCUT2D eigenvalue weighted by Gasteiger charge is -2.00. The maximum absolute atomic E-state index is 5.15. The number of ether oxygens (including phenoxy) is 2. The average molecular weight is 166 g/mol. The molecule has 0 spiro atoms. The molecule has 66 valence electrons. The van der Waals surface area contributed by atoms with Gasteiger partial charge >= 0.3 is 0 Å². The molecule has 0 aromatic rings. The molecule has 2 nitrogen and oxygen atoms in total. The van der Waals surface area contributed by atoms with Crippen LogP contribution in [-0.2, 0) is 9.47 Å². The molecule has 0 saturated carbocycles. The molecule has 0 aromatic carbocycles. The molecule has 0 amide bonds. The number of methoxy groups -OCH3 is 2. The van der Waals surface area contributed by atoms with E-state index < -0.39 is 0 Å². The predicted octanol–water partition coefficient (Wildman–Crippen LogP) is 2.40. The summed E-state index contributed by atoms with van der Waals surface area (Å²) >= 11 is 0. The molecule has 1 aliphatic carbocycles. The van der Waals surface area contributed by atoms with Gasteiger partial charge in [0.15, 0.2) is 0 Å². The Hall–Kier alpha value is -1.18. The summed E-state index contributed by atoms with van der Waals surface area (Å²) in [6, 6.07) is 0.